The molecule has 1 unspecified atom stereocenters. The molecule has 0 aliphatic carbocycles. The SMILES string of the molecule is CN1CC(NC(=O)C2(n3cccn3)CCNCC2)CC1=O.Cl. The molecule has 0 aromatic carbocycles. The number of nitrogens with zero attached hydrogens (tertiary/aromatic N) is 3. The third kappa shape index (κ3) is 2.96. The molecule has 0 bridgehead atoms. The predicted octanol–water partition coefficient (Wildman–Crippen LogP) is -0.269. The minimum atomic E-state index is -0.640. The highest BCUT2D eigenvalue weighted by molar-refractivity contribution is 5.86. The van der Waals surface area contributed by atoms with Gasteiger partial charge in [0.05, 0.1) is 6.04 Å². The van der Waals surface area contributed by atoms with Crippen molar-refractivity contribution in [1.82, 2.24) is 25.3 Å². The number of piperidine rings is 1. The van der Waals surface area contributed by atoms with E-state index in [9.17, 15) is 9.59 Å². The van der Waals surface area contributed by atoms with Gasteiger partial charge in [0.25, 0.3) is 0 Å². The van der Waals surface area contributed by atoms with E-state index < -0.39 is 5.54 Å². The van der Waals surface area contributed by atoms with E-state index in [0.717, 1.165) is 13.1 Å². The first-order valence-electron chi connectivity index (χ1n) is 7.37. The molecule has 0 saturated carbocycles. The molecule has 3 rings (SSSR count). The molecule has 0 spiro atoms. The van der Waals surface area contributed by atoms with Gasteiger partial charge in [-0.3, -0.25) is 14.3 Å². The summed E-state index contributed by atoms with van der Waals surface area (Å²) in [5, 5.41) is 10.6. The average Bonchev–Trinajstić information content (AvgIpc) is 3.11. The quantitative estimate of drug-likeness (QED) is 0.801. The van der Waals surface area contributed by atoms with Crippen LogP contribution < -0.4 is 10.6 Å². The molecule has 7 nitrogen and oxygen atoms in total. The number of hydrogen-bond acceptors (Lipinski definition) is 4. The van der Waals surface area contributed by atoms with Crippen molar-refractivity contribution in [1.29, 1.82) is 0 Å². The minimum Gasteiger partial charge on any atom is -0.349 e. The van der Waals surface area contributed by atoms with Crippen LogP contribution in [0.1, 0.15) is 19.3 Å². The Hall–Kier alpha value is -1.60. The van der Waals surface area contributed by atoms with Gasteiger partial charge in [-0.05, 0) is 32.0 Å². The Bertz CT molecular complexity index is 527. The number of rotatable bonds is 3. The lowest BCUT2D eigenvalue weighted by Crippen LogP contribution is -2.56. The number of likely N-dealkylation sites (N-methyl/N-ethyl adjacent to an activating group) is 1. The zero-order valence-electron chi connectivity index (χ0n) is 12.6. The Morgan fingerprint density at radius 3 is 2.73 bits per heavy atom. The van der Waals surface area contributed by atoms with Crippen LogP contribution in [0.15, 0.2) is 18.5 Å². The summed E-state index contributed by atoms with van der Waals surface area (Å²) in [6, 6.07) is 1.74. The van der Waals surface area contributed by atoms with Gasteiger partial charge in [-0.25, -0.2) is 0 Å². The molecular weight excluding hydrogens is 306 g/mol. The first kappa shape index (κ1) is 16.8. The lowest BCUT2D eigenvalue weighted by molar-refractivity contribution is -0.132. The monoisotopic (exact) mass is 327 g/mol. The van der Waals surface area contributed by atoms with E-state index in [4.69, 9.17) is 0 Å². The van der Waals surface area contributed by atoms with E-state index in [2.05, 4.69) is 15.7 Å². The number of amides is 2. The van der Waals surface area contributed by atoms with Crippen molar-refractivity contribution in [2.45, 2.75) is 30.8 Å². The zero-order chi connectivity index (χ0) is 14.9. The fourth-order valence-electron chi connectivity index (χ4n) is 3.20. The van der Waals surface area contributed by atoms with Crippen LogP contribution in [0.4, 0.5) is 0 Å². The maximum Gasteiger partial charge on any atom is 0.248 e. The Morgan fingerprint density at radius 2 is 2.18 bits per heavy atom. The highest BCUT2D eigenvalue weighted by Crippen LogP contribution is 2.27. The standard InChI is InChI=1S/C14H21N5O2.ClH/c1-18-10-11(9-12(18)20)17-13(21)14(3-6-15-7-4-14)19-8-2-5-16-19;/h2,5,8,11,15H,3-4,6-7,9-10H2,1H3,(H,17,21);1H. The summed E-state index contributed by atoms with van der Waals surface area (Å²) in [5.41, 5.74) is -0.640. The smallest absolute Gasteiger partial charge is 0.248 e. The third-order valence-electron chi connectivity index (χ3n) is 4.47. The molecule has 8 heteroatoms. The fourth-order valence-corrected chi connectivity index (χ4v) is 3.20. The Labute approximate surface area is 135 Å². The number of carbonyl (C=O) groups excluding carboxylic acids is 2. The number of carbonyl (C=O) groups is 2. The topological polar surface area (TPSA) is 79.3 Å². The first-order valence-corrected chi connectivity index (χ1v) is 7.37. The molecule has 0 radical (unpaired) electrons. The second-order valence-electron chi connectivity index (χ2n) is 5.88. The van der Waals surface area contributed by atoms with E-state index in [1.54, 1.807) is 22.8 Å². The summed E-state index contributed by atoms with van der Waals surface area (Å²) in [6.45, 7) is 2.16. The predicted molar refractivity (Wildman–Crippen MR) is 83.7 cm³/mol. The summed E-state index contributed by atoms with van der Waals surface area (Å²) in [4.78, 5) is 26.1. The lowest BCUT2D eigenvalue weighted by atomic mass is 9.87. The second kappa shape index (κ2) is 6.66. The molecular formula is C14H22ClN5O2. The van der Waals surface area contributed by atoms with Crippen molar-refractivity contribution in [3.63, 3.8) is 0 Å². The lowest BCUT2D eigenvalue weighted by Gasteiger charge is -2.37. The van der Waals surface area contributed by atoms with Crippen molar-refractivity contribution >= 4 is 24.2 Å². The van der Waals surface area contributed by atoms with Crippen molar-refractivity contribution in [3.8, 4) is 0 Å². The van der Waals surface area contributed by atoms with Crippen molar-refractivity contribution < 1.29 is 9.59 Å². The second-order valence-corrected chi connectivity index (χ2v) is 5.88. The number of aromatic nitrogens is 2. The average molecular weight is 328 g/mol. The molecule has 2 N–H and O–H groups in total. The van der Waals surface area contributed by atoms with Crippen LogP contribution in [-0.4, -0.2) is 59.2 Å². The molecule has 2 saturated heterocycles. The van der Waals surface area contributed by atoms with Crippen molar-refractivity contribution in [3.05, 3.63) is 18.5 Å². The van der Waals surface area contributed by atoms with E-state index >= 15 is 0 Å². The summed E-state index contributed by atoms with van der Waals surface area (Å²) in [5.74, 6) is 0.0551. The van der Waals surface area contributed by atoms with Gasteiger partial charge < -0.3 is 15.5 Å². The maximum absolute atomic E-state index is 12.9. The molecule has 1 aromatic rings. The number of hydrogen-bond donors (Lipinski definition) is 2. The summed E-state index contributed by atoms with van der Waals surface area (Å²) in [7, 11) is 1.77. The van der Waals surface area contributed by atoms with Crippen LogP contribution in [0.3, 0.4) is 0 Å². The van der Waals surface area contributed by atoms with E-state index in [1.807, 2.05) is 12.3 Å². The molecule has 2 fully saturated rings. The minimum absolute atomic E-state index is 0. The number of likely N-dealkylation sites (tertiary alicyclic amines) is 1. The van der Waals surface area contributed by atoms with Gasteiger partial charge in [-0.2, -0.15) is 5.10 Å². The van der Waals surface area contributed by atoms with Crippen LogP contribution in [0.5, 0.6) is 0 Å². The Kier molecular flexibility index (Phi) is 5.08. The van der Waals surface area contributed by atoms with Gasteiger partial charge in [0.2, 0.25) is 11.8 Å². The molecule has 122 valence electrons. The van der Waals surface area contributed by atoms with Crippen LogP contribution in [0.2, 0.25) is 0 Å². The summed E-state index contributed by atoms with van der Waals surface area (Å²) in [6.07, 6.45) is 5.34. The van der Waals surface area contributed by atoms with Gasteiger partial charge in [0.1, 0.15) is 5.54 Å². The molecule has 3 heterocycles. The molecule has 2 amide bonds. The van der Waals surface area contributed by atoms with Crippen molar-refractivity contribution in [2.75, 3.05) is 26.7 Å². The Balaban J connectivity index is 0.00000176. The van der Waals surface area contributed by atoms with Crippen molar-refractivity contribution in [2.24, 2.45) is 0 Å². The first-order chi connectivity index (χ1) is 10.1. The molecule has 2 aliphatic rings. The number of halogens is 1. The van der Waals surface area contributed by atoms with Crippen LogP contribution >= 0.6 is 12.4 Å². The number of nitrogens with one attached hydrogen (secondary N) is 2. The molecule has 22 heavy (non-hydrogen) atoms. The van der Waals surface area contributed by atoms with Crippen LogP contribution in [0, 0.1) is 0 Å². The highest BCUT2D eigenvalue weighted by atomic mass is 35.5. The summed E-state index contributed by atoms with van der Waals surface area (Å²) < 4.78 is 1.77. The largest absolute Gasteiger partial charge is 0.349 e. The fraction of sp³-hybridized carbons (Fsp3) is 0.643. The van der Waals surface area contributed by atoms with Crippen LogP contribution in [0.25, 0.3) is 0 Å². The van der Waals surface area contributed by atoms with Crippen LogP contribution in [-0.2, 0) is 15.1 Å². The summed E-state index contributed by atoms with van der Waals surface area (Å²) >= 11 is 0. The van der Waals surface area contributed by atoms with E-state index in [-0.39, 0.29) is 30.3 Å². The zero-order valence-corrected chi connectivity index (χ0v) is 13.4. The van der Waals surface area contributed by atoms with Gasteiger partial charge in [-0.15, -0.1) is 12.4 Å². The molecule has 1 atom stereocenters. The molecule has 1 aromatic heterocycles. The van der Waals surface area contributed by atoms with E-state index in [1.165, 1.54) is 0 Å². The maximum atomic E-state index is 12.9. The normalized spacial score (nSPS) is 24.0. The molecule has 2 aliphatic heterocycles. The third-order valence-corrected chi connectivity index (χ3v) is 4.47. The van der Waals surface area contributed by atoms with Gasteiger partial charge in [0, 0.05) is 32.4 Å². The van der Waals surface area contributed by atoms with Gasteiger partial charge >= 0.3 is 0 Å². The highest BCUT2D eigenvalue weighted by Gasteiger charge is 2.43. The van der Waals surface area contributed by atoms with E-state index in [0.29, 0.717) is 25.8 Å². The van der Waals surface area contributed by atoms with Gasteiger partial charge in [0.15, 0.2) is 0 Å². The van der Waals surface area contributed by atoms with Gasteiger partial charge in [-0.1, -0.05) is 0 Å². The Morgan fingerprint density at radius 1 is 1.45 bits per heavy atom.